The molecule has 0 radical (unpaired) electrons. The predicted octanol–water partition coefficient (Wildman–Crippen LogP) is 5.25. The highest BCUT2D eigenvalue weighted by atomic mass is 16.5. The fraction of sp³-hybridized carbons (Fsp3) is 0.938. The molecule has 0 aromatic rings. The summed E-state index contributed by atoms with van der Waals surface area (Å²) >= 11 is 0. The van der Waals surface area contributed by atoms with Gasteiger partial charge in [0.25, 0.3) is 0 Å². The zero-order valence-corrected chi connectivity index (χ0v) is 12.5. The second kappa shape index (κ2) is 14.5. The fourth-order valence-electron chi connectivity index (χ4n) is 2.32. The largest absolute Gasteiger partial charge is 0.466 e. The van der Waals surface area contributed by atoms with Crippen LogP contribution in [0.2, 0.25) is 0 Å². The van der Waals surface area contributed by atoms with E-state index in [1.807, 2.05) is 0 Å². The highest BCUT2D eigenvalue weighted by molar-refractivity contribution is 5.65. The normalized spacial score (nSPS) is 18.6. The number of rotatable bonds is 1. The lowest BCUT2D eigenvalue weighted by molar-refractivity contribution is -0.140. The molecule has 0 unspecified atom stereocenters. The van der Waals surface area contributed by atoms with Crippen molar-refractivity contribution >= 4 is 5.97 Å². The van der Waals surface area contributed by atoms with E-state index < -0.39 is 0 Å². The lowest BCUT2D eigenvalue weighted by Crippen LogP contribution is -1.95. The van der Waals surface area contributed by atoms with E-state index in [0.717, 1.165) is 0 Å². The molecule has 18 heavy (non-hydrogen) atoms. The Balaban J connectivity index is 0.000000241. The first-order valence-electron chi connectivity index (χ1n) is 7.90. The molecule has 2 fully saturated rings. The van der Waals surface area contributed by atoms with E-state index in [1.165, 1.54) is 84.0 Å². The van der Waals surface area contributed by atoms with E-state index in [1.54, 1.807) is 6.92 Å². The van der Waals surface area contributed by atoms with Crippen molar-refractivity contribution in [3.05, 3.63) is 0 Å². The lowest BCUT2D eigenvalue weighted by atomic mass is 10.0. The highest BCUT2D eigenvalue weighted by Gasteiger charge is 1.96. The molecule has 0 heterocycles. The molecule has 0 bridgehead atoms. The molecule has 0 atom stereocenters. The minimum atomic E-state index is -0.211. The van der Waals surface area contributed by atoms with Crippen LogP contribution in [0.15, 0.2) is 0 Å². The van der Waals surface area contributed by atoms with E-state index in [9.17, 15) is 4.79 Å². The Bertz CT molecular complexity index is 135. The number of carbonyl (C=O) groups excluding carboxylic acids is 1. The molecule has 0 spiro atoms. The summed E-state index contributed by atoms with van der Waals surface area (Å²) in [6.45, 7) is 3.65. The Hall–Kier alpha value is -0.530. The summed E-state index contributed by atoms with van der Waals surface area (Å²) in [5, 5.41) is 0. The topological polar surface area (TPSA) is 26.3 Å². The smallest absolute Gasteiger partial charge is 0.302 e. The van der Waals surface area contributed by atoms with E-state index in [0.29, 0.717) is 6.61 Å². The third kappa shape index (κ3) is 15.5. The van der Waals surface area contributed by atoms with Gasteiger partial charge < -0.3 is 4.74 Å². The number of hydrogen-bond acceptors (Lipinski definition) is 2. The summed E-state index contributed by atoms with van der Waals surface area (Å²) < 4.78 is 4.40. The van der Waals surface area contributed by atoms with Crippen LogP contribution in [-0.4, -0.2) is 12.6 Å². The van der Waals surface area contributed by atoms with Crippen molar-refractivity contribution < 1.29 is 9.53 Å². The van der Waals surface area contributed by atoms with Gasteiger partial charge in [0, 0.05) is 6.92 Å². The molecule has 0 aromatic heterocycles. The Labute approximate surface area is 113 Å². The first kappa shape index (κ1) is 17.5. The lowest BCUT2D eigenvalue weighted by Gasteiger charge is -2.05. The van der Waals surface area contributed by atoms with E-state index in [2.05, 4.69) is 4.74 Å². The summed E-state index contributed by atoms with van der Waals surface area (Å²) in [5.41, 5.74) is 0. The van der Waals surface area contributed by atoms with Gasteiger partial charge in [-0.05, 0) is 6.92 Å². The minimum Gasteiger partial charge on any atom is -0.466 e. The molecule has 2 nitrogen and oxygen atoms in total. The van der Waals surface area contributed by atoms with Crippen molar-refractivity contribution in [1.82, 2.24) is 0 Å². The van der Waals surface area contributed by atoms with Gasteiger partial charge in [0.15, 0.2) is 0 Å². The number of esters is 1. The van der Waals surface area contributed by atoms with Crippen LogP contribution in [0.5, 0.6) is 0 Å². The first-order chi connectivity index (χ1) is 8.77. The molecule has 2 heteroatoms. The van der Waals surface area contributed by atoms with Crippen LogP contribution in [0.25, 0.3) is 0 Å². The van der Waals surface area contributed by atoms with Crippen LogP contribution < -0.4 is 0 Å². The van der Waals surface area contributed by atoms with Crippen molar-refractivity contribution in [1.29, 1.82) is 0 Å². The third-order valence-electron chi connectivity index (χ3n) is 3.35. The van der Waals surface area contributed by atoms with Crippen molar-refractivity contribution in [2.75, 3.05) is 6.61 Å². The number of carbonyl (C=O) groups is 1. The summed E-state index contributed by atoms with van der Waals surface area (Å²) in [7, 11) is 0. The zero-order chi connectivity index (χ0) is 13.5. The highest BCUT2D eigenvalue weighted by Crippen LogP contribution is 2.15. The summed E-state index contributed by atoms with van der Waals surface area (Å²) in [4.78, 5) is 9.82. The molecule has 2 aliphatic rings. The Kier molecular flexibility index (Phi) is 14.1. The maximum absolute atomic E-state index is 9.82. The van der Waals surface area contributed by atoms with Crippen molar-refractivity contribution in [3.63, 3.8) is 0 Å². The minimum absolute atomic E-state index is 0.211. The molecule has 0 amide bonds. The van der Waals surface area contributed by atoms with Crippen molar-refractivity contribution in [2.24, 2.45) is 0 Å². The van der Waals surface area contributed by atoms with Crippen molar-refractivity contribution in [3.8, 4) is 0 Å². The Morgan fingerprint density at radius 1 is 0.722 bits per heavy atom. The Morgan fingerprint density at radius 2 is 0.944 bits per heavy atom. The first-order valence-corrected chi connectivity index (χ1v) is 7.90. The second-order valence-electron chi connectivity index (χ2n) is 5.17. The van der Waals surface area contributed by atoms with Crippen molar-refractivity contribution in [2.45, 2.75) is 90.9 Å². The van der Waals surface area contributed by atoms with Crippen LogP contribution in [-0.2, 0) is 9.53 Å². The van der Waals surface area contributed by atoms with Gasteiger partial charge in [0.1, 0.15) is 0 Å². The van der Waals surface area contributed by atoms with Gasteiger partial charge in [0.2, 0.25) is 0 Å². The van der Waals surface area contributed by atoms with Gasteiger partial charge in [-0.3, -0.25) is 4.79 Å². The molecule has 0 N–H and O–H groups in total. The van der Waals surface area contributed by atoms with Crippen LogP contribution in [0.1, 0.15) is 90.9 Å². The quantitative estimate of drug-likeness (QED) is 0.599. The number of hydrogen-bond donors (Lipinski definition) is 0. The van der Waals surface area contributed by atoms with Crippen LogP contribution >= 0.6 is 0 Å². The molecular weight excluding hydrogens is 224 g/mol. The summed E-state index contributed by atoms with van der Waals surface area (Å²) in [6.07, 6.45) is 18.0. The van der Waals surface area contributed by atoms with Crippen LogP contribution in [0.3, 0.4) is 0 Å². The molecule has 108 valence electrons. The van der Waals surface area contributed by atoms with Gasteiger partial charge in [-0.1, -0.05) is 77.0 Å². The SMILES string of the molecule is C1CCCCC1.C1CCCCC1.CCOC(C)=O. The molecule has 0 saturated heterocycles. The maximum Gasteiger partial charge on any atom is 0.302 e. The third-order valence-corrected chi connectivity index (χ3v) is 3.35. The predicted molar refractivity (Wildman–Crippen MR) is 77.7 cm³/mol. The number of ether oxygens (including phenoxy) is 1. The molecule has 2 aliphatic carbocycles. The standard InChI is InChI=1S/2C6H12.C4H8O2/c2*1-2-4-6-5-3-1;1-3-6-4(2)5/h2*1-6H2;3H2,1-2H3. The van der Waals surface area contributed by atoms with Gasteiger partial charge in [-0.15, -0.1) is 0 Å². The average molecular weight is 256 g/mol. The second-order valence-corrected chi connectivity index (χ2v) is 5.17. The van der Waals surface area contributed by atoms with Gasteiger partial charge >= 0.3 is 5.97 Å². The van der Waals surface area contributed by atoms with E-state index in [4.69, 9.17) is 0 Å². The van der Waals surface area contributed by atoms with Gasteiger partial charge in [0.05, 0.1) is 6.61 Å². The Morgan fingerprint density at radius 3 is 1.00 bits per heavy atom. The molecule has 0 aromatic carbocycles. The van der Waals surface area contributed by atoms with Gasteiger partial charge in [-0.25, -0.2) is 0 Å². The fourth-order valence-corrected chi connectivity index (χ4v) is 2.32. The maximum atomic E-state index is 9.82. The van der Waals surface area contributed by atoms with E-state index >= 15 is 0 Å². The molecular formula is C16H32O2. The van der Waals surface area contributed by atoms with Gasteiger partial charge in [-0.2, -0.15) is 0 Å². The zero-order valence-electron chi connectivity index (χ0n) is 12.5. The molecule has 2 saturated carbocycles. The van der Waals surface area contributed by atoms with E-state index in [-0.39, 0.29) is 5.97 Å². The van der Waals surface area contributed by atoms with Crippen LogP contribution in [0.4, 0.5) is 0 Å². The molecule has 0 aliphatic heterocycles. The summed E-state index contributed by atoms with van der Waals surface area (Å²) in [6, 6.07) is 0. The molecule has 2 rings (SSSR count). The monoisotopic (exact) mass is 256 g/mol. The average Bonchev–Trinajstić information content (AvgIpc) is 2.44. The van der Waals surface area contributed by atoms with Crippen LogP contribution in [0, 0.1) is 0 Å². The summed E-state index contributed by atoms with van der Waals surface area (Å²) in [5.74, 6) is -0.211.